The number of phenols is 2. The lowest BCUT2D eigenvalue weighted by atomic mass is 9.91. The first-order valence-corrected chi connectivity index (χ1v) is 6.52. The molecule has 1 amide bonds. The predicted octanol–water partition coefficient (Wildman–Crippen LogP) is 0.978. The minimum atomic E-state index is -0.616. The molecule has 104 valence electrons. The zero-order chi connectivity index (χ0) is 14.0. The number of carbonyl (C=O) groups is 1. The molecule has 0 heterocycles. The van der Waals surface area contributed by atoms with Gasteiger partial charge in [0, 0.05) is 13.1 Å². The van der Waals surface area contributed by atoms with Crippen LogP contribution in [0.15, 0.2) is 18.2 Å². The Morgan fingerprint density at radius 2 is 2.11 bits per heavy atom. The third-order valence-corrected chi connectivity index (χ3v) is 3.78. The number of aromatic hydroxyl groups is 2. The van der Waals surface area contributed by atoms with Gasteiger partial charge in [0.2, 0.25) is 5.91 Å². The summed E-state index contributed by atoms with van der Waals surface area (Å²) in [6.45, 7) is 0. The summed E-state index contributed by atoms with van der Waals surface area (Å²) in [6.07, 6.45) is 3.62. The maximum absolute atomic E-state index is 12.1. The van der Waals surface area contributed by atoms with Crippen molar-refractivity contribution in [2.75, 3.05) is 7.05 Å². The van der Waals surface area contributed by atoms with Crippen molar-refractivity contribution in [3.05, 3.63) is 23.8 Å². The van der Waals surface area contributed by atoms with E-state index in [1.165, 1.54) is 18.6 Å². The number of hydrogen-bond acceptors (Lipinski definition) is 4. The Morgan fingerprint density at radius 3 is 2.63 bits per heavy atom. The summed E-state index contributed by atoms with van der Waals surface area (Å²) in [4.78, 5) is 13.9. The van der Waals surface area contributed by atoms with E-state index < -0.39 is 6.04 Å². The summed E-state index contributed by atoms with van der Waals surface area (Å²) >= 11 is 0. The van der Waals surface area contributed by atoms with Crippen LogP contribution in [0.4, 0.5) is 0 Å². The van der Waals surface area contributed by atoms with E-state index in [1.54, 1.807) is 18.0 Å². The topological polar surface area (TPSA) is 86.8 Å². The van der Waals surface area contributed by atoms with E-state index in [0.717, 1.165) is 18.4 Å². The summed E-state index contributed by atoms with van der Waals surface area (Å²) in [5.74, 6) is -0.433. The van der Waals surface area contributed by atoms with Gasteiger partial charge in [-0.25, -0.2) is 0 Å². The number of nitrogens with zero attached hydrogens (tertiary/aromatic N) is 1. The largest absolute Gasteiger partial charge is 0.504 e. The minimum absolute atomic E-state index is 0.0720. The Bertz CT molecular complexity index is 472. The monoisotopic (exact) mass is 264 g/mol. The van der Waals surface area contributed by atoms with Gasteiger partial charge in [-0.1, -0.05) is 6.07 Å². The van der Waals surface area contributed by atoms with Crippen LogP contribution in [0, 0.1) is 0 Å². The van der Waals surface area contributed by atoms with Gasteiger partial charge < -0.3 is 20.8 Å². The Kier molecular flexibility index (Phi) is 3.95. The summed E-state index contributed by atoms with van der Waals surface area (Å²) in [5, 5.41) is 18.6. The molecule has 1 saturated carbocycles. The molecule has 5 nitrogen and oxygen atoms in total. The average molecular weight is 264 g/mol. The van der Waals surface area contributed by atoms with Crippen LogP contribution < -0.4 is 5.73 Å². The molecule has 0 spiro atoms. The average Bonchev–Trinajstić information content (AvgIpc) is 2.30. The van der Waals surface area contributed by atoms with Gasteiger partial charge in [-0.05, 0) is 43.4 Å². The number of carbonyl (C=O) groups excluding carboxylic acids is 1. The summed E-state index contributed by atoms with van der Waals surface area (Å²) in [6, 6.07) is 4.20. The number of rotatable bonds is 4. The fraction of sp³-hybridized carbons (Fsp3) is 0.500. The zero-order valence-corrected chi connectivity index (χ0v) is 11.0. The molecule has 4 N–H and O–H groups in total. The molecule has 1 aliphatic rings. The second-order valence-electron chi connectivity index (χ2n) is 5.17. The molecule has 0 aliphatic heterocycles. The maximum Gasteiger partial charge on any atom is 0.239 e. The Labute approximate surface area is 112 Å². The van der Waals surface area contributed by atoms with Crippen LogP contribution in [0.5, 0.6) is 11.5 Å². The van der Waals surface area contributed by atoms with Gasteiger partial charge in [0.1, 0.15) is 0 Å². The van der Waals surface area contributed by atoms with E-state index >= 15 is 0 Å². The predicted molar refractivity (Wildman–Crippen MR) is 71.9 cm³/mol. The van der Waals surface area contributed by atoms with Crippen LogP contribution in [-0.2, 0) is 11.2 Å². The Balaban J connectivity index is 1.97. The van der Waals surface area contributed by atoms with E-state index in [0.29, 0.717) is 12.5 Å². The van der Waals surface area contributed by atoms with Gasteiger partial charge >= 0.3 is 0 Å². The molecular weight excluding hydrogens is 244 g/mol. The van der Waals surface area contributed by atoms with E-state index in [4.69, 9.17) is 5.73 Å². The summed E-state index contributed by atoms with van der Waals surface area (Å²) in [5.41, 5.74) is 6.65. The molecule has 0 saturated heterocycles. The molecule has 1 atom stereocenters. The molecular formula is C14H20N2O3. The van der Waals surface area contributed by atoms with Crippen LogP contribution in [0.3, 0.4) is 0 Å². The SMILES string of the molecule is CN(C(=O)[C@@H](N)Cc1ccc(O)c(O)c1)C1CCC1. The second-order valence-corrected chi connectivity index (χ2v) is 5.17. The highest BCUT2D eigenvalue weighted by atomic mass is 16.3. The number of benzene rings is 1. The Hall–Kier alpha value is -1.75. The highest BCUT2D eigenvalue weighted by Crippen LogP contribution is 2.26. The van der Waals surface area contributed by atoms with Gasteiger partial charge in [0.25, 0.3) is 0 Å². The van der Waals surface area contributed by atoms with Gasteiger partial charge in [0.15, 0.2) is 11.5 Å². The fourth-order valence-corrected chi connectivity index (χ4v) is 2.25. The number of phenolic OH excluding ortho intramolecular Hbond substituents is 2. The first-order chi connectivity index (χ1) is 8.99. The minimum Gasteiger partial charge on any atom is -0.504 e. The molecule has 0 aromatic heterocycles. The standard InChI is InChI=1S/C14H20N2O3/c1-16(10-3-2-4-10)14(19)11(15)7-9-5-6-12(17)13(18)8-9/h5-6,8,10-11,17-18H,2-4,7,15H2,1H3/t11-/m0/s1. The van der Waals surface area contributed by atoms with Crippen molar-refractivity contribution in [3.63, 3.8) is 0 Å². The van der Waals surface area contributed by atoms with Crippen molar-refractivity contribution >= 4 is 5.91 Å². The van der Waals surface area contributed by atoms with Crippen LogP contribution in [0.25, 0.3) is 0 Å². The highest BCUT2D eigenvalue weighted by Gasteiger charge is 2.28. The Morgan fingerprint density at radius 1 is 1.42 bits per heavy atom. The molecule has 19 heavy (non-hydrogen) atoms. The van der Waals surface area contributed by atoms with Crippen molar-refractivity contribution < 1.29 is 15.0 Å². The fourth-order valence-electron chi connectivity index (χ4n) is 2.25. The molecule has 2 rings (SSSR count). The molecule has 1 fully saturated rings. The number of likely N-dealkylation sites (N-methyl/N-ethyl adjacent to an activating group) is 1. The molecule has 1 aromatic rings. The van der Waals surface area contributed by atoms with Crippen molar-refractivity contribution in [3.8, 4) is 11.5 Å². The van der Waals surface area contributed by atoms with Crippen molar-refractivity contribution in [2.24, 2.45) is 5.73 Å². The number of amides is 1. The third kappa shape index (κ3) is 2.98. The van der Waals surface area contributed by atoms with Gasteiger partial charge in [-0.2, -0.15) is 0 Å². The quantitative estimate of drug-likeness (QED) is 0.707. The van der Waals surface area contributed by atoms with Crippen molar-refractivity contribution in [1.29, 1.82) is 0 Å². The molecule has 0 unspecified atom stereocenters. The third-order valence-electron chi connectivity index (χ3n) is 3.78. The lowest BCUT2D eigenvalue weighted by Gasteiger charge is -2.36. The normalized spacial score (nSPS) is 16.7. The lowest BCUT2D eigenvalue weighted by Crippen LogP contribution is -2.49. The van der Waals surface area contributed by atoms with Gasteiger partial charge in [-0.3, -0.25) is 4.79 Å². The van der Waals surface area contributed by atoms with E-state index in [2.05, 4.69) is 0 Å². The van der Waals surface area contributed by atoms with E-state index in [9.17, 15) is 15.0 Å². The van der Waals surface area contributed by atoms with Crippen LogP contribution in [-0.4, -0.2) is 40.2 Å². The van der Waals surface area contributed by atoms with Crippen LogP contribution >= 0.6 is 0 Å². The zero-order valence-electron chi connectivity index (χ0n) is 11.0. The molecule has 1 aliphatic carbocycles. The second kappa shape index (κ2) is 5.48. The number of nitrogens with two attached hydrogens (primary N) is 1. The summed E-state index contributed by atoms with van der Waals surface area (Å²) < 4.78 is 0. The van der Waals surface area contributed by atoms with E-state index in [-0.39, 0.29) is 17.4 Å². The van der Waals surface area contributed by atoms with Gasteiger partial charge in [-0.15, -0.1) is 0 Å². The van der Waals surface area contributed by atoms with Gasteiger partial charge in [0.05, 0.1) is 6.04 Å². The smallest absolute Gasteiger partial charge is 0.239 e. The van der Waals surface area contributed by atoms with Crippen LogP contribution in [0.2, 0.25) is 0 Å². The first-order valence-electron chi connectivity index (χ1n) is 6.52. The molecule has 0 radical (unpaired) electrons. The lowest BCUT2D eigenvalue weighted by molar-refractivity contribution is -0.134. The highest BCUT2D eigenvalue weighted by molar-refractivity contribution is 5.82. The molecule has 0 bridgehead atoms. The molecule has 5 heteroatoms. The molecule has 1 aromatic carbocycles. The number of hydrogen-bond donors (Lipinski definition) is 3. The van der Waals surface area contributed by atoms with Crippen molar-refractivity contribution in [2.45, 2.75) is 37.8 Å². The first kappa shape index (κ1) is 13.7. The maximum atomic E-state index is 12.1. The van der Waals surface area contributed by atoms with Crippen LogP contribution in [0.1, 0.15) is 24.8 Å². The van der Waals surface area contributed by atoms with E-state index in [1.807, 2.05) is 0 Å². The van der Waals surface area contributed by atoms with Crippen molar-refractivity contribution in [1.82, 2.24) is 4.90 Å². The summed E-state index contributed by atoms with van der Waals surface area (Å²) in [7, 11) is 1.79.